The second kappa shape index (κ2) is 14.0. The van der Waals surface area contributed by atoms with Crippen molar-refractivity contribution in [2.75, 3.05) is 39.3 Å². The van der Waals surface area contributed by atoms with Crippen LogP contribution in [0.25, 0.3) is 0 Å². The number of pyridine rings is 1. The first kappa shape index (κ1) is 24.0. The molecule has 0 aliphatic carbocycles. The number of ether oxygens (including phenoxy) is 3. The van der Waals surface area contributed by atoms with Gasteiger partial charge in [0.05, 0.1) is 13.2 Å². The summed E-state index contributed by atoms with van der Waals surface area (Å²) in [4.78, 5) is 8.53. The predicted molar refractivity (Wildman–Crippen MR) is 123 cm³/mol. The molecule has 1 aromatic carbocycles. The minimum absolute atomic E-state index is 0. The van der Waals surface area contributed by atoms with Crippen molar-refractivity contribution in [1.29, 1.82) is 0 Å². The molecule has 0 fully saturated rings. The van der Waals surface area contributed by atoms with Crippen LogP contribution < -0.4 is 20.1 Å². The molecule has 28 heavy (non-hydrogen) atoms. The first-order valence-corrected chi connectivity index (χ1v) is 9.03. The summed E-state index contributed by atoms with van der Waals surface area (Å²) in [5.74, 6) is 2.09. The molecule has 0 unspecified atom stereocenters. The van der Waals surface area contributed by atoms with Crippen molar-refractivity contribution in [3.8, 4) is 11.6 Å². The Bertz CT molecular complexity index is 728. The maximum Gasteiger partial charge on any atom is 0.218 e. The Morgan fingerprint density at radius 2 is 2.00 bits per heavy atom. The van der Waals surface area contributed by atoms with E-state index in [0.29, 0.717) is 38.2 Å². The number of rotatable bonds is 10. The Balaban J connectivity index is 0.00000392. The van der Waals surface area contributed by atoms with Gasteiger partial charge in [-0.15, -0.1) is 24.0 Å². The van der Waals surface area contributed by atoms with Gasteiger partial charge in [0.25, 0.3) is 0 Å². The summed E-state index contributed by atoms with van der Waals surface area (Å²) in [6, 6.07) is 11.6. The maximum absolute atomic E-state index is 5.73. The number of nitrogens with one attached hydrogen (secondary N) is 2. The third kappa shape index (κ3) is 8.30. The largest absolute Gasteiger partial charge is 0.493 e. The number of aromatic nitrogens is 1. The summed E-state index contributed by atoms with van der Waals surface area (Å²) in [6.07, 6.45) is 2.57. The Morgan fingerprint density at radius 1 is 1.14 bits per heavy atom. The molecule has 1 aromatic heterocycles. The minimum Gasteiger partial charge on any atom is -0.493 e. The van der Waals surface area contributed by atoms with Crippen LogP contribution in [0.3, 0.4) is 0 Å². The van der Waals surface area contributed by atoms with Crippen LogP contribution in [-0.2, 0) is 11.3 Å². The topological polar surface area (TPSA) is 77.0 Å². The summed E-state index contributed by atoms with van der Waals surface area (Å²) < 4.78 is 16.3. The molecule has 7 nitrogen and oxygen atoms in total. The Morgan fingerprint density at radius 3 is 2.75 bits per heavy atom. The van der Waals surface area contributed by atoms with Crippen molar-refractivity contribution in [3.05, 3.63) is 48.2 Å². The van der Waals surface area contributed by atoms with E-state index in [2.05, 4.69) is 20.6 Å². The fourth-order valence-electron chi connectivity index (χ4n) is 2.38. The number of aliphatic imine (C=N–C) groups is 1. The molecule has 0 saturated heterocycles. The minimum atomic E-state index is 0. The number of nitrogens with zero attached hydrogens (tertiary/aromatic N) is 2. The first-order valence-electron chi connectivity index (χ1n) is 9.03. The van der Waals surface area contributed by atoms with Gasteiger partial charge in [-0.1, -0.05) is 12.1 Å². The molecule has 2 N–H and O–H groups in total. The lowest BCUT2D eigenvalue weighted by molar-refractivity contribution is 0.172. The number of hydrogen-bond acceptors (Lipinski definition) is 5. The standard InChI is InChI=1S/C20H28N4O3.HI/c1-4-26-19-16(8-6-11-22-19)15-23-20(21-2)24-17-9-5-10-18(14-17)27-13-7-12-25-3;/h5-6,8-11,14H,4,7,12-13,15H2,1-3H3,(H2,21,23,24);1H. The number of methoxy groups -OCH3 is 1. The highest BCUT2D eigenvalue weighted by atomic mass is 127. The number of benzene rings is 1. The van der Waals surface area contributed by atoms with E-state index in [1.165, 1.54) is 0 Å². The van der Waals surface area contributed by atoms with Gasteiger partial charge < -0.3 is 24.8 Å². The number of halogens is 1. The zero-order valence-electron chi connectivity index (χ0n) is 16.6. The van der Waals surface area contributed by atoms with Gasteiger partial charge in [-0.25, -0.2) is 4.98 Å². The predicted octanol–water partition coefficient (Wildman–Crippen LogP) is 3.70. The summed E-state index contributed by atoms with van der Waals surface area (Å²) in [5.41, 5.74) is 1.86. The van der Waals surface area contributed by atoms with Crippen LogP contribution in [0.2, 0.25) is 0 Å². The molecular weight excluding hydrogens is 471 g/mol. The van der Waals surface area contributed by atoms with Gasteiger partial charge in [-0.2, -0.15) is 0 Å². The van der Waals surface area contributed by atoms with Crippen LogP contribution in [0.5, 0.6) is 11.6 Å². The third-order valence-electron chi connectivity index (χ3n) is 3.66. The Kier molecular flexibility index (Phi) is 12.0. The van der Waals surface area contributed by atoms with Gasteiger partial charge in [-0.3, -0.25) is 4.99 Å². The van der Waals surface area contributed by atoms with Crippen molar-refractivity contribution < 1.29 is 14.2 Å². The highest BCUT2D eigenvalue weighted by Gasteiger charge is 2.06. The van der Waals surface area contributed by atoms with Gasteiger partial charge in [0.1, 0.15) is 5.75 Å². The fraction of sp³-hybridized carbons (Fsp3) is 0.400. The van der Waals surface area contributed by atoms with E-state index in [4.69, 9.17) is 14.2 Å². The first-order chi connectivity index (χ1) is 13.3. The maximum atomic E-state index is 5.73. The van der Waals surface area contributed by atoms with Crippen LogP contribution in [0.4, 0.5) is 5.69 Å². The average Bonchev–Trinajstić information content (AvgIpc) is 2.70. The molecule has 0 radical (unpaired) electrons. The lowest BCUT2D eigenvalue weighted by Crippen LogP contribution is -2.30. The van der Waals surface area contributed by atoms with Crippen LogP contribution in [0.1, 0.15) is 18.9 Å². The number of anilines is 1. The molecule has 2 aromatic rings. The second-order valence-electron chi connectivity index (χ2n) is 5.67. The number of guanidine groups is 1. The van der Waals surface area contributed by atoms with Gasteiger partial charge in [0.2, 0.25) is 5.88 Å². The molecule has 0 bridgehead atoms. The molecule has 0 aliphatic rings. The van der Waals surface area contributed by atoms with E-state index >= 15 is 0 Å². The van der Waals surface area contributed by atoms with Gasteiger partial charge in [-0.05, 0) is 25.1 Å². The van der Waals surface area contributed by atoms with Crippen molar-refractivity contribution in [2.24, 2.45) is 4.99 Å². The van der Waals surface area contributed by atoms with Crippen LogP contribution >= 0.6 is 24.0 Å². The SMILES string of the molecule is CCOc1ncccc1CNC(=NC)Nc1cccc(OCCCOC)c1.I. The molecule has 0 saturated carbocycles. The van der Waals surface area contributed by atoms with Crippen molar-refractivity contribution in [3.63, 3.8) is 0 Å². The van der Waals surface area contributed by atoms with Crippen molar-refractivity contribution >= 4 is 35.6 Å². The van der Waals surface area contributed by atoms with Crippen LogP contribution in [0.15, 0.2) is 47.6 Å². The van der Waals surface area contributed by atoms with E-state index in [9.17, 15) is 0 Å². The van der Waals surface area contributed by atoms with E-state index < -0.39 is 0 Å². The van der Waals surface area contributed by atoms with Crippen molar-refractivity contribution in [2.45, 2.75) is 19.9 Å². The zero-order chi connectivity index (χ0) is 19.3. The monoisotopic (exact) mass is 500 g/mol. The highest BCUT2D eigenvalue weighted by Crippen LogP contribution is 2.18. The zero-order valence-corrected chi connectivity index (χ0v) is 18.9. The lowest BCUT2D eigenvalue weighted by Gasteiger charge is -2.14. The Labute approximate surface area is 183 Å². The van der Waals surface area contributed by atoms with E-state index in [1.54, 1.807) is 20.4 Å². The van der Waals surface area contributed by atoms with Crippen molar-refractivity contribution in [1.82, 2.24) is 10.3 Å². The smallest absolute Gasteiger partial charge is 0.218 e. The summed E-state index contributed by atoms with van der Waals surface area (Å²) in [7, 11) is 3.42. The average molecular weight is 500 g/mol. The van der Waals surface area contributed by atoms with Gasteiger partial charge >= 0.3 is 0 Å². The summed E-state index contributed by atoms with van der Waals surface area (Å²) in [6.45, 7) is 4.37. The third-order valence-corrected chi connectivity index (χ3v) is 3.66. The molecule has 2 rings (SSSR count). The molecule has 1 heterocycles. The van der Waals surface area contributed by atoms with E-state index in [1.807, 2.05) is 43.3 Å². The Hall–Kier alpha value is -2.07. The normalized spacial score (nSPS) is 10.8. The van der Waals surface area contributed by atoms with Gasteiger partial charge in [0.15, 0.2) is 5.96 Å². The molecule has 0 atom stereocenters. The van der Waals surface area contributed by atoms with Gasteiger partial charge in [0, 0.05) is 57.2 Å². The molecule has 0 amide bonds. The molecular formula is C20H29IN4O3. The summed E-state index contributed by atoms with van der Waals surface area (Å²) >= 11 is 0. The van der Waals surface area contributed by atoms with Crippen LogP contribution in [0, 0.1) is 0 Å². The molecule has 8 heteroatoms. The summed E-state index contributed by atoms with van der Waals surface area (Å²) in [5, 5.41) is 6.54. The lowest BCUT2D eigenvalue weighted by atomic mass is 10.2. The fourth-order valence-corrected chi connectivity index (χ4v) is 2.38. The van der Waals surface area contributed by atoms with E-state index in [-0.39, 0.29) is 24.0 Å². The quantitative estimate of drug-likeness (QED) is 0.224. The molecule has 154 valence electrons. The molecule has 0 aliphatic heterocycles. The second-order valence-corrected chi connectivity index (χ2v) is 5.67. The highest BCUT2D eigenvalue weighted by molar-refractivity contribution is 14.0. The molecule has 0 spiro atoms. The number of hydrogen-bond donors (Lipinski definition) is 2. The van der Waals surface area contributed by atoms with E-state index in [0.717, 1.165) is 23.4 Å². The van der Waals surface area contributed by atoms with Crippen LogP contribution in [-0.4, -0.2) is 44.9 Å².